The number of likely N-dealkylation sites (tertiary alicyclic amines) is 1. The van der Waals surface area contributed by atoms with Gasteiger partial charge in [-0.15, -0.1) is 11.3 Å². The monoisotopic (exact) mass is 597 g/mol. The summed E-state index contributed by atoms with van der Waals surface area (Å²) in [4.78, 5) is 71.8. The normalized spacial score (nSPS) is 23.5. The highest BCUT2D eigenvalue weighted by atomic mass is 35.5. The molecule has 1 spiro atoms. The van der Waals surface area contributed by atoms with Gasteiger partial charge >= 0.3 is 0 Å². The van der Waals surface area contributed by atoms with E-state index in [0.29, 0.717) is 36.0 Å². The molecule has 0 radical (unpaired) electrons. The number of rotatable bonds is 9. The lowest BCUT2D eigenvalue weighted by molar-refractivity contribution is -0.141. The van der Waals surface area contributed by atoms with Crippen LogP contribution in [-0.2, 0) is 19.2 Å². The lowest BCUT2D eigenvalue weighted by Crippen LogP contribution is -2.58. The molecule has 3 heterocycles. The number of Topliss-reactive ketones (excluding diaryl/α,β-unsaturated/α-hetero) is 1. The molecule has 2 aliphatic heterocycles. The van der Waals surface area contributed by atoms with Crippen LogP contribution >= 0.6 is 22.9 Å². The summed E-state index contributed by atoms with van der Waals surface area (Å²) in [5.41, 5.74) is 1.06. The third-order valence-electron chi connectivity index (χ3n) is 8.65. The van der Waals surface area contributed by atoms with E-state index in [2.05, 4.69) is 20.9 Å². The number of hydrogen-bond donors (Lipinski definition) is 3. The van der Waals surface area contributed by atoms with Crippen LogP contribution in [0.5, 0.6) is 0 Å². The van der Waals surface area contributed by atoms with Crippen LogP contribution in [0.25, 0.3) is 10.6 Å². The van der Waals surface area contributed by atoms with Gasteiger partial charge in [-0.2, -0.15) is 0 Å². The molecule has 2 aliphatic carbocycles. The van der Waals surface area contributed by atoms with E-state index in [1.807, 2.05) is 12.1 Å². The van der Waals surface area contributed by atoms with Gasteiger partial charge in [0.05, 0.1) is 6.04 Å². The van der Waals surface area contributed by atoms with E-state index < -0.39 is 35.6 Å². The van der Waals surface area contributed by atoms with Crippen LogP contribution < -0.4 is 16.0 Å². The fourth-order valence-electron chi connectivity index (χ4n) is 5.81. The SMILES string of the molecule is O=C(NC1CC1)C(=O)[C@H](C[C@@H]1CCNC1=O)NC(=O)[C@@H]1CC2(CCN1C(=O)c1csc(-c3cccc(Cl)c3)n1)CC2. The fraction of sp³-hybridized carbons (Fsp3) is 0.517. The minimum absolute atomic E-state index is 0.0149. The largest absolute Gasteiger partial charge is 0.356 e. The third-order valence-corrected chi connectivity index (χ3v) is 9.78. The number of carbonyl (C=O) groups excluding carboxylic acids is 5. The fourth-order valence-corrected chi connectivity index (χ4v) is 6.79. The Labute approximate surface area is 246 Å². The molecule has 6 rings (SSSR count). The molecule has 3 N–H and O–H groups in total. The van der Waals surface area contributed by atoms with Gasteiger partial charge in [0.15, 0.2) is 0 Å². The number of hydrogen-bond acceptors (Lipinski definition) is 7. The minimum Gasteiger partial charge on any atom is -0.356 e. The second-order valence-electron chi connectivity index (χ2n) is 11.7. The number of thiazole rings is 1. The molecule has 2 saturated carbocycles. The van der Waals surface area contributed by atoms with Crippen LogP contribution in [0, 0.1) is 11.3 Å². The second-order valence-corrected chi connectivity index (χ2v) is 13.0. The van der Waals surface area contributed by atoms with Gasteiger partial charge in [0, 0.05) is 41.0 Å². The van der Waals surface area contributed by atoms with E-state index >= 15 is 0 Å². The van der Waals surface area contributed by atoms with Gasteiger partial charge < -0.3 is 20.9 Å². The number of nitrogens with zero attached hydrogens (tertiary/aromatic N) is 2. The highest BCUT2D eigenvalue weighted by molar-refractivity contribution is 7.13. The standard InChI is InChI=1S/C29H32ClN5O5S/c30-18-3-1-2-17(12-18)27-34-21(15-41-27)28(40)35-11-9-29(7-8-29)14-22(35)25(38)33-20(13-16-6-10-31-24(16)37)23(36)26(39)32-19-4-5-19/h1-3,12,15-16,19-20,22H,4-11,13-14H2,(H,31,37)(H,32,39)(H,33,38)/t16-,20-,22-/m0/s1. The van der Waals surface area contributed by atoms with Crippen LogP contribution in [0.1, 0.15) is 61.9 Å². The molecule has 0 bridgehead atoms. The van der Waals surface area contributed by atoms with Gasteiger partial charge in [-0.3, -0.25) is 24.0 Å². The van der Waals surface area contributed by atoms with Crippen molar-refractivity contribution in [2.24, 2.45) is 11.3 Å². The Kier molecular flexibility index (Phi) is 7.58. The zero-order chi connectivity index (χ0) is 28.7. The molecule has 2 aromatic rings. The van der Waals surface area contributed by atoms with E-state index in [0.717, 1.165) is 37.7 Å². The number of piperidine rings is 1. The Morgan fingerprint density at radius 1 is 1.17 bits per heavy atom. The molecular formula is C29H32ClN5O5S. The number of benzene rings is 1. The smallest absolute Gasteiger partial charge is 0.289 e. The number of amides is 4. The molecule has 0 unspecified atom stereocenters. The maximum absolute atomic E-state index is 13.8. The molecule has 216 valence electrons. The topological polar surface area (TPSA) is 138 Å². The van der Waals surface area contributed by atoms with E-state index in [1.54, 1.807) is 22.4 Å². The first-order chi connectivity index (χ1) is 19.7. The number of nitrogens with one attached hydrogen (secondary N) is 3. The van der Waals surface area contributed by atoms with E-state index in [4.69, 9.17) is 11.6 Å². The van der Waals surface area contributed by atoms with Crippen molar-refractivity contribution in [2.75, 3.05) is 13.1 Å². The van der Waals surface area contributed by atoms with Crippen molar-refractivity contribution < 1.29 is 24.0 Å². The Bertz CT molecular complexity index is 1400. The van der Waals surface area contributed by atoms with Crippen LogP contribution in [0.3, 0.4) is 0 Å². The summed E-state index contributed by atoms with van der Waals surface area (Å²) >= 11 is 7.46. The summed E-state index contributed by atoms with van der Waals surface area (Å²) in [7, 11) is 0. The number of aromatic nitrogens is 1. The van der Waals surface area contributed by atoms with Gasteiger partial charge in [-0.05, 0) is 68.9 Å². The lowest BCUT2D eigenvalue weighted by atomic mass is 9.86. The Morgan fingerprint density at radius 3 is 2.66 bits per heavy atom. The average Bonchev–Trinajstić information content (AvgIpc) is 3.83. The van der Waals surface area contributed by atoms with Crippen molar-refractivity contribution in [3.63, 3.8) is 0 Å². The van der Waals surface area contributed by atoms with Crippen LogP contribution in [-0.4, -0.2) is 70.5 Å². The molecule has 10 nitrogen and oxygen atoms in total. The highest BCUT2D eigenvalue weighted by Gasteiger charge is 2.51. The van der Waals surface area contributed by atoms with E-state index in [-0.39, 0.29) is 35.4 Å². The summed E-state index contributed by atoms with van der Waals surface area (Å²) in [6, 6.07) is 5.25. The van der Waals surface area contributed by atoms with Crippen molar-refractivity contribution in [1.82, 2.24) is 25.8 Å². The van der Waals surface area contributed by atoms with E-state index in [9.17, 15) is 24.0 Å². The van der Waals surface area contributed by atoms with Crippen molar-refractivity contribution >= 4 is 52.3 Å². The summed E-state index contributed by atoms with van der Waals surface area (Å²) in [5.74, 6) is -3.00. The molecule has 4 fully saturated rings. The third kappa shape index (κ3) is 6.16. The van der Waals surface area contributed by atoms with Gasteiger partial charge in [0.25, 0.3) is 11.8 Å². The van der Waals surface area contributed by atoms with Crippen LogP contribution in [0.4, 0.5) is 0 Å². The minimum atomic E-state index is -1.15. The van der Waals surface area contributed by atoms with Gasteiger partial charge in [0.2, 0.25) is 17.6 Å². The van der Waals surface area contributed by atoms with Crippen molar-refractivity contribution in [3.05, 3.63) is 40.4 Å². The Morgan fingerprint density at radius 2 is 1.98 bits per heavy atom. The molecule has 12 heteroatoms. The Balaban J connectivity index is 1.21. The molecule has 2 saturated heterocycles. The predicted octanol–water partition coefficient (Wildman–Crippen LogP) is 2.71. The molecule has 1 aromatic carbocycles. The zero-order valence-corrected chi connectivity index (χ0v) is 24.1. The summed E-state index contributed by atoms with van der Waals surface area (Å²) in [5, 5.41) is 11.1. The predicted molar refractivity (Wildman–Crippen MR) is 152 cm³/mol. The summed E-state index contributed by atoms with van der Waals surface area (Å²) < 4.78 is 0. The molecule has 4 aliphatic rings. The average molecular weight is 598 g/mol. The lowest BCUT2D eigenvalue weighted by Gasteiger charge is -2.39. The number of ketones is 1. The first-order valence-electron chi connectivity index (χ1n) is 14.2. The molecule has 1 aromatic heterocycles. The molecular weight excluding hydrogens is 566 g/mol. The maximum Gasteiger partial charge on any atom is 0.289 e. The van der Waals surface area contributed by atoms with Crippen molar-refractivity contribution in [3.8, 4) is 10.6 Å². The maximum atomic E-state index is 13.8. The molecule has 4 amide bonds. The zero-order valence-electron chi connectivity index (χ0n) is 22.5. The van der Waals surface area contributed by atoms with Crippen LogP contribution in [0.2, 0.25) is 5.02 Å². The van der Waals surface area contributed by atoms with E-state index in [1.165, 1.54) is 11.3 Å². The summed E-state index contributed by atoms with van der Waals surface area (Å²) in [6.07, 6.45) is 5.45. The van der Waals surface area contributed by atoms with Gasteiger partial charge in [-0.25, -0.2) is 4.98 Å². The first kappa shape index (κ1) is 27.8. The molecule has 41 heavy (non-hydrogen) atoms. The van der Waals surface area contributed by atoms with Crippen LogP contribution in [0.15, 0.2) is 29.6 Å². The second kappa shape index (κ2) is 11.2. The van der Waals surface area contributed by atoms with Gasteiger partial charge in [-0.1, -0.05) is 23.7 Å². The van der Waals surface area contributed by atoms with Crippen molar-refractivity contribution in [2.45, 2.75) is 69.5 Å². The molecule has 3 atom stereocenters. The highest BCUT2D eigenvalue weighted by Crippen LogP contribution is 2.55. The summed E-state index contributed by atoms with van der Waals surface area (Å²) in [6.45, 7) is 0.887. The quantitative estimate of drug-likeness (QED) is 0.380. The number of halogens is 1. The number of carbonyl (C=O) groups is 5. The van der Waals surface area contributed by atoms with Crippen molar-refractivity contribution in [1.29, 1.82) is 0 Å². The first-order valence-corrected chi connectivity index (χ1v) is 15.4. The Hall–Kier alpha value is -3.31. The van der Waals surface area contributed by atoms with Gasteiger partial charge in [0.1, 0.15) is 16.7 Å².